The molecule has 1 aliphatic carbocycles. The molecule has 1 aromatic rings. The second-order valence-electron chi connectivity index (χ2n) is 5.11. The van der Waals surface area contributed by atoms with E-state index in [0.29, 0.717) is 26.1 Å². The van der Waals surface area contributed by atoms with Crippen LogP contribution in [0.25, 0.3) is 0 Å². The summed E-state index contributed by atoms with van der Waals surface area (Å²) in [6.45, 7) is 1.73. The Kier molecular flexibility index (Phi) is 3.08. The highest BCUT2D eigenvalue weighted by molar-refractivity contribution is 5.15. The number of ether oxygens (including phenoxy) is 1. The Morgan fingerprint density at radius 3 is 2.83 bits per heavy atom. The molecule has 1 heterocycles. The van der Waals surface area contributed by atoms with E-state index in [-0.39, 0.29) is 12.5 Å². The Labute approximate surface area is 106 Å². The van der Waals surface area contributed by atoms with Crippen molar-refractivity contribution >= 4 is 0 Å². The van der Waals surface area contributed by atoms with E-state index in [2.05, 4.69) is 0 Å². The molecule has 4 heteroatoms. The summed E-state index contributed by atoms with van der Waals surface area (Å²) in [4.78, 5) is 1.89. The van der Waals surface area contributed by atoms with Gasteiger partial charge in [0.1, 0.15) is 6.04 Å². The summed E-state index contributed by atoms with van der Waals surface area (Å²) >= 11 is 0. The maximum atomic E-state index is 13.9. The molecule has 2 nitrogen and oxygen atoms in total. The van der Waals surface area contributed by atoms with Crippen LogP contribution in [0.1, 0.15) is 18.4 Å². The maximum Gasteiger partial charge on any atom is 0.265 e. The quantitative estimate of drug-likeness (QED) is 0.803. The van der Waals surface area contributed by atoms with Crippen LogP contribution in [0.15, 0.2) is 30.3 Å². The van der Waals surface area contributed by atoms with E-state index in [1.807, 2.05) is 35.2 Å². The van der Waals surface area contributed by atoms with Crippen molar-refractivity contribution in [3.8, 4) is 0 Å². The summed E-state index contributed by atoms with van der Waals surface area (Å²) in [5, 5.41) is 0. The van der Waals surface area contributed by atoms with Gasteiger partial charge in [-0.3, -0.25) is 4.90 Å². The van der Waals surface area contributed by atoms with Gasteiger partial charge >= 0.3 is 0 Å². The highest BCUT2D eigenvalue weighted by Crippen LogP contribution is 2.42. The van der Waals surface area contributed by atoms with E-state index in [1.54, 1.807) is 0 Å². The molecule has 2 atom stereocenters. The molecule has 2 fully saturated rings. The first-order valence-electron chi connectivity index (χ1n) is 6.44. The number of rotatable bonds is 2. The van der Waals surface area contributed by atoms with Gasteiger partial charge in [0.2, 0.25) is 0 Å². The Hall–Kier alpha value is -1.00. The molecule has 1 saturated carbocycles. The first kappa shape index (κ1) is 12.1. The molecule has 1 saturated heterocycles. The number of halogens is 2. The van der Waals surface area contributed by atoms with Crippen molar-refractivity contribution in [2.45, 2.75) is 37.5 Å². The molecule has 2 aliphatic rings. The normalized spacial score (nSPS) is 31.2. The second kappa shape index (κ2) is 4.59. The molecule has 1 aliphatic heterocycles. The monoisotopic (exact) mass is 253 g/mol. The minimum Gasteiger partial charge on any atom is -0.375 e. The number of hydrogen-bond donors (Lipinski definition) is 0. The van der Waals surface area contributed by atoms with E-state index in [4.69, 9.17) is 4.74 Å². The molecule has 3 rings (SSSR count). The molecule has 2 unspecified atom stereocenters. The van der Waals surface area contributed by atoms with Gasteiger partial charge in [-0.05, 0) is 12.0 Å². The van der Waals surface area contributed by atoms with Gasteiger partial charge in [0.05, 0.1) is 12.7 Å². The van der Waals surface area contributed by atoms with Crippen LogP contribution in [0.2, 0.25) is 0 Å². The maximum absolute atomic E-state index is 13.9. The van der Waals surface area contributed by atoms with Crippen LogP contribution in [-0.2, 0) is 11.3 Å². The van der Waals surface area contributed by atoms with E-state index in [9.17, 15) is 8.78 Å². The van der Waals surface area contributed by atoms with Gasteiger partial charge in [-0.1, -0.05) is 30.3 Å². The van der Waals surface area contributed by atoms with Crippen molar-refractivity contribution < 1.29 is 13.5 Å². The number of morpholine rings is 1. The zero-order valence-electron chi connectivity index (χ0n) is 10.2. The summed E-state index contributed by atoms with van der Waals surface area (Å²) in [5.74, 6) is -2.61. The van der Waals surface area contributed by atoms with Crippen molar-refractivity contribution in [3.63, 3.8) is 0 Å². The van der Waals surface area contributed by atoms with Gasteiger partial charge in [-0.2, -0.15) is 0 Å². The lowest BCUT2D eigenvalue weighted by Gasteiger charge is -2.39. The number of alkyl halides is 2. The smallest absolute Gasteiger partial charge is 0.265 e. The summed E-state index contributed by atoms with van der Waals surface area (Å²) in [7, 11) is 0. The summed E-state index contributed by atoms with van der Waals surface area (Å²) < 4.78 is 33.3. The fourth-order valence-electron chi connectivity index (χ4n) is 3.04. The highest BCUT2D eigenvalue weighted by Gasteiger charge is 2.54. The van der Waals surface area contributed by atoms with Gasteiger partial charge in [0, 0.05) is 19.5 Å². The Bertz CT molecular complexity index is 410. The average molecular weight is 253 g/mol. The van der Waals surface area contributed by atoms with E-state index >= 15 is 0 Å². The molecule has 1 aromatic carbocycles. The molecule has 0 bridgehead atoms. The topological polar surface area (TPSA) is 12.5 Å². The van der Waals surface area contributed by atoms with Crippen LogP contribution in [0, 0.1) is 0 Å². The van der Waals surface area contributed by atoms with Crippen LogP contribution >= 0.6 is 0 Å². The van der Waals surface area contributed by atoms with Gasteiger partial charge in [0.25, 0.3) is 5.92 Å². The zero-order valence-corrected chi connectivity index (χ0v) is 10.2. The lowest BCUT2D eigenvalue weighted by atomic mass is 10.1. The fraction of sp³-hybridized carbons (Fsp3) is 0.571. The summed E-state index contributed by atoms with van der Waals surface area (Å²) in [6, 6.07) is 9.05. The minimum atomic E-state index is -2.61. The number of fused-ring (bicyclic) bond motifs is 1. The standard InChI is InChI=1S/C14H17F2NO/c15-14(16)7-6-12-13(14)17(8-9-18-12)10-11-4-2-1-3-5-11/h1-5,12-13H,6-10H2. The number of nitrogens with zero attached hydrogens (tertiary/aromatic N) is 1. The Balaban J connectivity index is 1.78. The van der Waals surface area contributed by atoms with Crippen LogP contribution in [0.5, 0.6) is 0 Å². The third kappa shape index (κ3) is 2.15. The van der Waals surface area contributed by atoms with Gasteiger partial charge in [-0.25, -0.2) is 8.78 Å². The van der Waals surface area contributed by atoms with Crippen molar-refractivity contribution in [1.29, 1.82) is 0 Å². The largest absolute Gasteiger partial charge is 0.375 e. The van der Waals surface area contributed by atoms with Crippen LogP contribution in [0.4, 0.5) is 8.78 Å². The van der Waals surface area contributed by atoms with E-state index < -0.39 is 12.0 Å². The molecule has 0 amide bonds. The third-order valence-corrected chi connectivity index (χ3v) is 3.88. The zero-order chi connectivity index (χ0) is 12.6. The molecular weight excluding hydrogens is 236 g/mol. The molecule has 18 heavy (non-hydrogen) atoms. The van der Waals surface area contributed by atoms with Crippen LogP contribution in [-0.4, -0.2) is 36.1 Å². The predicted octanol–water partition coefficient (Wildman–Crippen LogP) is 2.69. The van der Waals surface area contributed by atoms with Gasteiger partial charge < -0.3 is 4.74 Å². The van der Waals surface area contributed by atoms with Crippen molar-refractivity contribution in [2.24, 2.45) is 0 Å². The van der Waals surface area contributed by atoms with Gasteiger partial charge in [-0.15, -0.1) is 0 Å². The second-order valence-corrected chi connectivity index (χ2v) is 5.11. The first-order chi connectivity index (χ1) is 8.67. The predicted molar refractivity (Wildman–Crippen MR) is 64.6 cm³/mol. The molecule has 0 radical (unpaired) electrons. The molecule has 98 valence electrons. The lowest BCUT2D eigenvalue weighted by molar-refractivity contribution is -0.136. The Morgan fingerprint density at radius 1 is 1.28 bits per heavy atom. The number of benzene rings is 1. The lowest BCUT2D eigenvalue weighted by Crippen LogP contribution is -2.54. The van der Waals surface area contributed by atoms with Gasteiger partial charge in [0.15, 0.2) is 0 Å². The van der Waals surface area contributed by atoms with E-state index in [1.165, 1.54) is 0 Å². The number of hydrogen-bond acceptors (Lipinski definition) is 2. The first-order valence-corrected chi connectivity index (χ1v) is 6.44. The molecular formula is C14H17F2NO. The fourth-order valence-corrected chi connectivity index (χ4v) is 3.04. The van der Waals surface area contributed by atoms with E-state index in [0.717, 1.165) is 5.56 Å². The molecule has 0 spiro atoms. The van der Waals surface area contributed by atoms with Crippen molar-refractivity contribution in [3.05, 3.63) is 35.9 Å². The Morgan fingerprint density at radius 2 is 2.06 bits per heavy atom. The van der Waals surface area contributed by atoms with Crippen LogP contribution in [0.3, 0.4) is 0 Å². The SMILES string of the molecule is FC1(F)CCC2OCCN(Cc3ccccc3)C21. The third-order valence-electron chi connectivity index (χ3n) is 3.88. The average Bonchev–Trinajstić information content (AvgIpc) is 2.68. The molecule has 0 aromatic heterocycles. The summed E-state index contributed by atoms with van der Waals surface area (Å²) in [5.41, 5.74) is 1.08. The van der Waals surface area contributed by atoms with Crippen molar-refractivity contribution in [2.75, 3.05) is 13.2 Å². The highest BCUT2D eigenvalue weighted by atomic mass is 19.3. The van der Waals surface area contributed by atoms with Crippen molar-refractivity contribution in [1.82, 2.24) is 4.90 Å². The van der Waals surface area contributed by atoms with Crippen LogP contribution < -0.4 is 0 Å². The minimum absolute atomic E-state index is 0.0480. The summed E-state index contributed by atoms with van der Waals surface area (Å²) in [6.07, 6.45) is 0.133. The molecule has 0 N–H and O–H groups in total.